The van der Waals surface area contributed by atoms with E-state index in [0.717, 1.165) is 12.1 Å². The number of H-pyrrole nitrogens is 1. The Morgan fingerprint density at radius 1 is 1.33 bits per heavy atom. The van der Waals surface area contributed by atoms with Crippen molar-refractivity contribution in [1.82, 2.24) is 4.98 Å². The zero-order valence-electron chi connectivity index (χ0n) is 7.36. The second-order valence-electron chi connectivity index (χ2n) is 2.92. The summed E-state index contributed by atoms with van der Waals surface area (Å²) >= 11 is 0. The van der Waals surface area contributed by atoms with Crippen molar-refractivity contribution >= 4 is 16.5 Å². The quantitative estimate of drug-likeness (QED) is 0.570. The first-order valence-electron chi connectivity index (χ1n) is 4.05. The minimum Gasteiger partial charge on any atom is -0.328 e. The van der Waals surface area contributed by atoms with Gasteiger partial charge in [-0.1, -0.05) is 0 Å². The van der Waals surface area contributed by atoms with Crippen LogP contribution in [0.3, 0.4) is 0 Å². The van der Waals surface area contributed by atoms with Crippen LogP contribution in [-0.2, 0) is 0 Å². The van der Waals surface area contributed by atoms with E-state index in [1.54, 1.807) is 0 Å². The maximum absolute atomic E-state index is 13.2. The summed E-state index contributed by atoms with van der Waals surface area (Å²) in [5.74, 6) is -0.651. The molecule has 1 aromatic carbocycles. The topological polar surface area (TPSA) is 76.0 Å². The van der Waals surface area contributed by atoms with E-state index >= 15 is 0 Å². The average Bonchev–Trinajstić information content (AvgIpc) is 2.19. The molecule has 2 aromatic rings. The highest BCUT2D eigenvalue weighted by molar-refractivity contribution is 5.90. The number of aromatic nitrogens is 1. The van der Waals surface area contributed by atoms with Crippen molar-refractivity contribution in [3.05, 3.63) is 50.7 Å². The number of nitrogens with zero attached hydrogens (tertiary/aromatic N) is 1. The molecule has 0 aliphatic heterocycles. The summed E-state index contributed by atoms with van der Waals surface area (Å²) in [4.78, 5) is 23.5. The van der Waals surface area contributed by atoms with Crippen LogP contribution in [0.1, 0.15) is 0 Å². The van der Waals surface area contributed by atoms with E-state index < -0.39 is 22.0 Å². The summed E-state index contributed by atoms with van der Waals surface area (Å²) in [7, 11) is 0. The largest absolute Gasteiger partial charge is 0.328 e. The lowest BCUT2D eigenvalue weighted by Gasteiger charge is -1.98. The molecule has 0 saturated carbocycles. The summed E-state index contributed by atoms with van der Waals surface area (Å²) in [6, 6.07) is 3.24. The van der Waals surface area contributed by atoms with Gasteiger partial charge in [-0.3, -0.25) is 14.9 Å². The van der Waals surface area contributed by atoms with Crippen LogP contribution in [0.15, 0.2) is 29.2 Å². The fraction of sp³-hybridized carbons (Fsp3) is 0. The highest BCUT2D eigenvalue weighted by Gasteiger charge is 2.16. The van der Waals surface area contributed by atoms with Gasteiger partial charge in [-0.2, -0.15) is 0 Å². The highest BCUT2D eigenvalue weighted by Crippen LogP contribution is 2.23. The van der Waals surface area contributed by atoms with Gasteiger partial charge in [-0.15, -0.1) is 0 Å². The maximum Gasteiger partial charge on any atom is 0.282 e. The zero-order valence-corrected chi connectivity index (χ0v) is 7.36. The Bertz CT molecular complexity index is 606. The van der Waals surface area contributed by atoms with Gasteiger partial charge in [-0.25, -0.2) is 4.39 Å². The zero-order chi connectivity index (χ0) is 11.0. The Hall–Kier alpha value is -2.24. The van der Waals surface area contributed by atoms with Gasteiger partial charge in [0.25, 0.3) is 11.2 Å². The molecule has 1 aromatic heterocycles. The molecule has 0 saturated heterocycles. The third-order valence-corrected chi connectivity index (χ3v) is 2.06. The molecule has 76 valence electrons. The lowest BCUT2D eigenvalue weighted by molar-refractivity contribution is -0.383. The molecule has 1 heterocycles. The Kier molecular flexibility index (Phi) is 1.96. The highest BCUT2D eigenvalue weighted by atomic mass is 19.1. The molecule has 2 rings (SSSR count). The molecule has 0 atom stereocenters. The maximum atomic E-state index is 13.2. The molecule has 0 aliphatic rings. The van der Waals surface area contributed by atoms with Gasteiger partial charge in [0, 0.05) is 17.6 Å². The van der Waals surface area contributed by atoms with E-state index in [2.05, 4.69) is 4.98 Å². The summed E-state index contributed by atoms with van der Waals surface area (Å²) in [5, 5.41) is 10.3. The normalized spacial score (nSPS) is 10.5. The van der Waals surface area contributed by atoms with Gasteiger partial charge in [-0.05, 0) is 12.1 Å². The summed E-state index contributed by atoms with van der Waals surface area (Å²) in [6.45, 7) is 0. The third-order valence-electron chi connectivity index (χ3n) is 2.06. The van der Waals surface area contributed by atoms with Crippen molar-refractivity contribution in [3.63, 3.8) is 0 Å². The van der Waals surface area contributed by atoms with Crippen LogP contribution < -0.4 is 5.56 Å². The molecule has 0 spiro atoms. The molecule has 0 radical (unpaired) electrons. The number of nitrogens with one attached hydrogen (secondary N) is 1. The Balaban J connectivity index is 3.03. The van der Waals surface area contributed by atoms with E-state index in [4.69, 9.17) is 0 Å². The van der Waals surface area contributed by atoms with Gasteiger partial charge < -0.3 is 4.98 Å². The Morgan fingerprint density at radius 2 is 2.07 bits per heavy atom. The minimum absolute atomic E-state index is 0.0482. The van der Waals surface area contributed by atoms with Crippen LogP contribution >= 0.6 is 0 Å². The van der Waals surface area contributed by atoms with Gasteiger partial charge in [0.2, 0.25) is 0 Å². The van der Waals surface area contributed by atoms with Crippen molar-refractivity contribution in [3.8, 4) is 0 Å². The van der Waals surface area contributed by atoms with Crippen LogP contribution in [-0.4, -0.2) is 9.91 Å². The number of benzene rings is 1. The molecule has 15 heavy (non-hydrogen) atoms. The van der Waals surface area contributed by atoms with E-state index in [1.807, 2.05) is 0 Å². The number of hydrogen-bond acceptors (Lipinski definition) is 3. The molecular formula is C9H5FN2O3. The van der Waals surface area contributed by atoms with Gasteiger partial charge in [0.15, 0.2) is 0 Å². The van der Waals surface area contributed by atoms with E-state index in [1.165, 1.54) is 12.3 Å². The number of aromatic amines is 1. The molecule has 0 bridgehead atoms. The predicted molar refractivity (Wildman–Crippen MR) is 51.2 cm³/mol. The monoisotopic (exact) mass is 208 g/mol. The molecule has 5 nitrogen and oxygen atoms in total. The van der Waals surface area contributed by atoms with Crippen molar-refractivity contribution < 1.29 is 9.31 Å². The number of nitro groups is 1. The van der Waals surface area contributed by atoms with Crippen molar-refractivity contribution in [2.24, 2.45) is 0 Å². The number of fused-ring (bicyclic) bond motifs is 1. The average molecular weight is 208 g/mol. The number of non-ortho nitro benzene ring substituents is 1. The van der Waals surface area contributed by atoms with Crippen LogP contribution in [0.4, 0.5) is 10.1 Å². The van der Waals surface area contributed by atoms with Crippen LogP contribution in [0.5, 0.6) is 0 Å². The van der Waals surface area contributed by atoms with Crippen molar-refractivity contribution in [1.29, 1.82) is 0 Å². The van der Waals surface area contributed by atoms with Crippen LogP contribution in [0, 0.1) is 15.9 Å². The standard InChI is InChI=1S/C9H5FN2O3/c10-6-1-2-7(12(14)15)8-5(6)3-4-11-9(8)13/h1-4H,(H,11,13). The number of rotatable bonds is 1. The van der Waals surface area contributed by atoms with Gasteiger partial charge in [0.1, 0.15) is 11.2 Å². The smallest absolute Gasteiger partial charge is 0.282 e. The SMILES string of the molecule is O=c1[nH]ccc2c(F)ccc([N+](=O)[O-])c12. The number of nitro benzene ring substituents is 1. The predicted octanol–water partition coefficient (Wildman–Crippen LogP) is 1.58. The third kappa shape index (κ3) is 1.35. The van der Waals surface area contributed by atoms with E-state index in [0.29, 0.717) is 0 Å². The van der Waals surface area contributed by atoms with Crippen LogP contribution in [0.25, 0.3) is 10.8 Å². The Morgan fingerprint density at radius 3 is 2.73 bits per heavy atom. The summed E-state index contributed by atoms with van der Waals surface area (Å²) in [5.41, 5.74) is -1.06. The molecular weight excluding hydrogens is 203 g/mol. The number of hydrogen-bond donors (Lipinski definition) is 1. The lowest BCUT2D eigenvalue weighted by atomic mass is 10.1. The van der Waals surface area contributed by atoms with Crippen LogP contribution in [0.2, 0.25) is 0 Å². The first-order valence-corrected chi connectivity index (χ1v) is 4.05. The first-order chi connectivity index (χ1) is 7.11. The minimum atomic E-state index is -0.711. The molecule has 0 fully saturated rings. The van der Waals surface area contributed by atoms with Crippen molar-refractivity contribution in [2.45, 2.75) is 0 Å². The number of pyridine rings is 1. The second kappa shape index (κ2) is 3.16. The van der Waals surface area contributed by atoms with Crippen molar-refractivity contribution in [2.75, 3.05) is 0 Å². The van der Waals surface area contributed by atoms with E-state index in [9.17, 15) is 19.3 Å². The fourth-order valence-electron chi connectivity index (χ4n) is 1.41. The molecule has 6 heteroatoms. The molecule has 1 N–H and O–H groups in total. The summed E-state index contributed by atoms with van der Waals surface area (Å²) in [6.07, 6.45) is 1.25. The fourth-order valence-corrected chi connectivity index (χ4v) is 1.41. The second-order valence-corrected chi connectivity index (χ2v) is 2.92. The first kappa shape index (κ1) is 9.32. The lowest BCUT2D eigenvalue weighted by Crippen LogP contribution is -2.07. The van der Waals surface area contributed by atoms with E-state index in [-0.39, 0.29) is 10.8 Å². The molecule has 0 amide bonds. The summed E-state index contributed by atoms with van der Waals surface area (Å²) < 4.78 is 13.2. The Labute approximate surface area is 82.3 Å². The van der Waals surface area contributed by atoms with Gasteiger partial charge >= 0.3 is 0 Å². The van der Waals surface area contributed by atoms with Gasteiger partial charge in [0.05, 0.1) is 4.92 Å². The molecule has 0 aliphatic carbocycles. The molecule has 0 unspecified atom stereocenters. The number of halogens is 1.